The summed E-state index contributed by atoms with van der Waals surface area (Å²) in [5.74, 6) is 1.06. The molecule has 0 unspecified atom stereocenters. The van der Waals surface area contributed by atoms with Gasteiger partial charge in [-0.25, -0.2) is 19.5 Å². The van der Waals surface area contributed by atoms with Gasteiger partial charge < -0.3 is 23.8 Å². The summed E-state index contributed by atoms with van der Waals surface area (Å²) in [5.41, 5.74) is 4.31. The van der Waals surface area contributed by atoms with Crippen molar-refractivity contribution in [3.8, 4) is 5.75 Å². The Hall–Kier alpha value is -3.85. The van der Waals surface area contributed by atoms with E-state index in [-0.39, 0.29) is 12.7 Å². The Morgan fingerprint density at radius 2 is 1.68 bits per heavy atom. The standard InChI is InChI=1S/C32H39N3O6/c1-31(2,3)40-29(36)34-15-10-21(11-16-34)23-7-8-27-26(19-23)35(30(37)41-32(4,5)6)28-25(20-39-27)24(9-14-33-28)22-12-17-38-18-13-22/h7-10,12,14,19H,11,13,15-18,20H2,1-6H3. The van der Waals surface area contributed by atoms with Crippen LogP contribution in [0.15, 0.2) is 42.6 Å². The molecule has 0 spiro atoms. The smallest absolute Gasteiger partial charge is 0.420 e. The lowest BCUT2D eigenvalue weighted by molar-refractivity contribution is 0.0270. The first-order valence-electron chi connectivity index (χ1n) is 14.1. The van der Waals surface area contributed by atoms with Crippen LogP contribution in [0.25, 0.3) is 11.1 Å². The second kappa shape index (κ2) is 11.2. The molecule has 0 fully saturated rings. The van der Waals surface area contributed by atoms with Crippen LogP contribution in [0.1, 0.15) is 71.1 Å². The van der Waals surface area contributed by atoms with E-state index in [4.69, 9.17) is 18.9 Å². The Kier molecular flexibility index (Phi) is 7.83. The lowest BCUT2D eigenvalue weighted by Gasteiger charge is -2.30. The van der Waals surface area contributed by atoms with Crippen molar-refractivity contribution in [3.63, 3.8) is 0 Å². The largest absolute Gasteiger partial charge is 0.487 e. The normalized spacial score (nSPS) is 17.3. The van der Waals surface area contributed by atoms with E-state index in [0.29, 0.717) is 50.0 Å². The summed E-state index contributed by atoms with van der Waals surface area (Å²) >= 11 is 0. The van der Waals surface area contributed by atoms with E-state index in [1.807, 2.05) is 71.9 Å². The predicted octanol–water partition coefficient (Wildman–Crippen LogP) is 6.88. The minimum Gasteiger partial charge on any atom is -0.487 e. The third kappa shape index (κ3) is 6.56. The molecule has 0 bridgehead atoms. The van der Waals surface area contributed by atoms with E-state index in [0.717, 1.165) is 34.3 Å². The van der Waals surface area contributed by atoms with E-state index in [1.54, 1.807) is 11.1 Å². The predicted molar refractivity (Wildman–Crippen MR) is 157 cm³/mol. The van der Waals surface area contributed by atoms with E-state index in [2.05, 4.69) is 11.1 Å². The monoisotopic (exact) mass is 561 g/mol. The van der Waals surface area contributed by atoms with Gasteiger partial charge in [0.1, 0.15) is 29.4 Å². The lowest BCUT2D eigenvalue weighted by atomic mass is 9.97. The maximum atomic E-state index is 13.8. The molecule has 41 heavy (non-hydrogen) atoms. The van der Waals surface area contributed by atoms with Gasteiger partial charge in [0.25, 0.3) is 0 Å². The van der Waals surface area contributed by atoms with Crippen molar-refractivity contribution in [1.82, 2.24) is 9.88 Å². The molecule has 4 heterocycles. The molecule has 3 aliphatic heterocycles. The molecule has 0 aliphatic carbocycles. The van der Waals surface area contributed by atoms with Crippen LogP contribution < -0.4 is 9.64 Å². The minimum absolute atomic E-state index is 0.260. The van der Waals surface area contributed by atoms with Crippen LogP contribution in [0, 0.1) is 0 Å². The minimum atomic E-state index is -0.708. The van der Waals surface area contributed by atoms with Gasteiger partial charge in [-0.2, -0.15) is 0 Å². The van der Waals surface area contributed by atoms with Crippen LogP contribution in [0.5, 0.6) is 5.75 Å². The van der Waals surface area contributed by atoms with Crippen molar-refractivity contribution in [3.05, 3.63) is 59.3 Å². The Bertz CT molecular complexity index is 1400. The number of benzene rings is 1. The number of fused-ring (bicyclic) bond motifs is 2. The molecule has 0 saturated carbocycles. The number of carbonyl (C=O) groups excluding carboxylic acids is 2. The van der Waals surface area contributed by atoms with Crippen LogP contribution >= 0.6 is 0 Å². The number of aromatic nitrogens is 1. The van der Waals surface area contributed by atoms with Gasteiger partial charge in [0.2, 0.25) is 0 Å². The molecular formula is C32H39N3O6. The van der Waals surface area contributed by atoms with Crippen LogP contribution in [0.2, 0.25) is 0 Å². The molecule has 0 saturated heterocycles. The molecular weight excluding hydrogens is 522 g/mol. The van der Waals surface area contributed by atoms with Crippen LogP contribution in [0.3, 0.4) is 0 Å². The van der Waals surface area contributed by atoms with Crippen molar-refractivity contribution in [2.45, 2.75) is 72.2 Å². The highest BCUT2D eigenvalue weighted by atomic mass is 16.6. The Morgan fingerprint density at radius 3 is 2.34 bits per heavy atom. The van der Waals surface area contributed by atoms with Gasteiger partial charge in [-0.1, -0.05) is 18.2 Å². The molecule has 5 rings (SSSR count). The van der Waals surface area contributed by atoms with Gasteiger partial charge in [0.15, 0.2) is 0 Å². The zero-order valence-electron chi connectivity index (χ0n) is 24.8. The van der Waals surface area contributed by atoms with Gasteiger partial charge >= 0.3 is 12.2 Å². The number of nitrogens with zero attached hydrogens (tertiary/aromatic N) is 3. The number of ether oxygens (including phenoxy) is 4. The molecule has 2 amide bonds. The molecule has 0 atom stereocenters. The summed E-state index contributed by atoms with van der Waals surface area (Å²) in [6.07, 6.45) is 6.41. The second-order valence-corrected chi connectivity index (χ2v) is 12.4. The topological polar surface area (TPSA) is 90.4 Å². The van der Waals surface area contributed by atoms with Gasteiger partial charge in [-0.3, -0.25) is 0 Å². The molecule has 3 aliphatic rings. The maximum absolute atomic E-state index is 13.8. The SMILES string of the molecule is CC(C)(C)OC(=O)N1CC=C(c2ccc3c(c2)N(C(=O)OC(C)(C)C)c2nccc(C4=CCOCC4)c2CO3)CC1. The van der Waals surface area contributed by atoms with Crippen molar-refractivity contribution in [2.75, 3.05) is 31.2 Å². The summed E-state index contributed by atoms with van der Waals surface area (Å²) in [6, 6.07) is 7.80. The van der Waals surface area contributed by atoms with Gasteiger partial charge in [-0.05, 0) is 94.9 Å². The number of anilines is 2. The summed E-state index contributed by atoms with van der Waals surface area (Å²) < 4.78 is 23.3. The van der Waals surface area contributed by atoms with Crippen LogP contribution in [-0.2, 0) is 20.8 Å². The Balaban J connectivity index is 1.52. The zero-order chi connectivity index (χ0) is 29.4. The molecule has 1 aromatic heterocycles. The van der Waals surface area contributed by atoms with E-state index < -0.39 is 17.3 Å². The zero-order valence-corrected chi connectivity index (χ0v) is 24.8. The fourth-order valence-corrected chi connectivity index (χ4v) is 5.08. The van der Waals surface area contributed by atoms with Crippen molar-refractivity contribution < 1.29 is 28.5 Å². The average molecular weight is 562 g/mol. The summed E-state index contributed by atoms with van der Waals surface area (Å²) in [6.45, 7) is 13.6. The van der Waals surface area contributed by atoms with Crippen molar-refractivity contribution in [2.24, 2.45) is 0 Å². The highest BCUT2D eigenvalue weighted by Crippen LogP contribution is 2.43. The average Bonchev–Trinajstić information content (AvgIpc) is 3.08. The molecule has 0 radical (unpaired) electrons. The van der Waals surface area contributed by atoms with Gasteiger partial charge in [-0.15, -0.1) is 0 Å². The third-order valence-corrected chi connectivity index (χ3v) is 6.93. The molecule has 218 valence electrons. The second-order valence-electron chi connectivity index (χ2n) is 12.4. The number of hydrogen-bond donors (Lipinski definition) is 0. The van der Waals surface area contributed by atoms with E-state index >= 15 is 0 Å². The highest BCUT2D eigenvalue weighted by Gasteiger charge is 2.34. The van der Waals surface area contributed by atoms with Gasteiger partial charge in [0.05, 0.1) is 18.9 Å². The Morgan fingerprint density at radius 1 is 0.927 bits per heavy atom. The van der Waals surface area contributed by atoms with Gasteiger partial charge in [0, 0.05) is 24.8 Å². The first kappa shape index (κ1) is 28.7. The van der Waals surface area contributed by atoms with Crippen LogP contribution in [-0.4, -0.2) is 59.6 Å². The first-order valence-corrected chi connectivity index (χ1v) is 14.1. The quantitative estimate of drug-likeness (QED) is 0.395. The van der Waals surface area contributed by atoms with Crippen molar-refractivity contribution >= 4 is 34.8 Å². The lowest BCUT2D eigenvalue weighted by Crippen LogP contribution is -2.39. The first-order chi connectivity index (χ1) is 19.4. The molecule has 1 aromatic carbocycles. The summed E-state index contributed by atoms with van der Waals surface area (Å²) in [5, 5.41) is 0. The number of pyridine rings is 1. The Labute approximate surface area is 241 Å². The highest BCUT2D eigenvalue weighted by molar-refractivity contribution is 5.99. The molecule has 9 nitrogen and oxygen atoms in total. The van der Waals surface area contributed by atoms with E-state index in [1.165, 1.54) is 4.90 Å². The summed E-state index contributed by atoms with van der Waals surface area (Å²) in [4.78, 5) is 34.3. The number of carbonyl (C=O) groups is 2. The molecule has 0 N–H and O–H groups in total. The third-order valence-electron chi connectivity index (χ3n) is 6.93. The molecule has 9 heteroatoms. The fraction of sp³-hybridized carbons (Fsp3) is 0.469. The number of hydrogen-bond acceptors (Lipinski definition) is 7. The van der Waals surface area contributed by atoms with Crippen molar-refractivity contribution in [1.29, 1.82) is 0 Å². The number of amides is 2. The fourth-order valence-electron chi connectivity index (χ4n) is 5.08. The molecule has 2 aromatic rings. The summed E-state index contributed by atoms with van der Waals surface area (Å²) in [7, 11) is 0. The van der Waals surface area contributed by atoms with E-state index in [9.17, 15) is 9.59 Å². The number of rotatable bonds is 2. The van der Waals surface area contributed by atoms with Crippen LogP contribution in [0.4, 0.5) is 21.1 Å². The maximum Gasteiger partial charge on any atom is 0.420 e.